The van der Waals surface area contributed by atoms with E-state index < -0.39 is 0 Å². The van der Waals surface area contributed by atoms with E-state index in [0.717, 1.165) is 33.3 Å². The molecule has 0 amide bonds. The van der Waals surface area contributed by atoms with Crippen molar-refractivity contribution in [3.8, 4) is 17.2 Å². The van der Waals surface area contributed by atoms with Crippen molar-refractivity contribution in [2.75, 3.05) is 13.8 Å². The van der Waals surface area contributed by atoms with E-state index >= 15 is 0 Å². The third-order valence-electron chi connectivity index (χ3n) is 6.52. The Kier molecular flexibility index (Phi) is 5.07. The largest absolute Gasteiger partial charge is 0.497 e. The van der Waals surface area contributed by atoms with Crippen LogP contribution in [0.3, 0.4) is 0 Å². The second kappa shape index (κ2) is 8.29. The Morgan fingerprint density at radius 2 is 1.94 bits per heavy atom. The minimum absolute atomic E-state index is 0.154. The molecule has 7 heteroatoms. The van der Waals surface area contributed by atoms with Crippen LogP contribution in [0, 0.1) is 5.82 Å². The highest BCUT2D eigenvalue weighted by Crippen LogP contribution is 2.42. The predicted octanol–water partition coefficient (Wildman–Crippen LogP) is 5.29. The van der Waals surface area contributed by atoms with Gasteiger partial charge in [0, 0.05) is 42.8 Å². The lowest BCUT2D eigenvalue weighted by Gasteiger charge is -2.29. The Labute approximate surface area is 201 Å². The van der Waals surface area contributed by atoms with Gasteiger partial charge in [0.25, 0.3) is 0 Å². The van der Waals surface area contributed by atoms with Gasteiger partial charge in [0.05, 0.1) is 18.2 Å². The summed E-state index contributed by atoms with van der Waals surface area (Å²) in [5.74, 6) is 1.86. The first kappa shape index (κ1) is 21.4. The first-order chi connectivity index (χ1) is 17.0. The van der Waals surface area contributed by atoms with Crippen molar-refractivity contribution < 1.29 is 23.4 Å². The smallest absolute Gasteiger partial charge is 0.231 e. The Hall–Kier alpha value is -4.10. The number of benzene rings is 3. The quantitative estimate of drug-likeness (QED) is 0.379. The van der Waals surface area contributed by atoms with Gasteiger partial charge in [-0.25, -0.2) is 4.39 Å². The van der Waals surface area contributed by atoms with Crippen molar-refractivity contribution in [2.24, 2.45) is 7.05 Å². The van der Waals surface area contributed by atoms with Crippen LogP contribution in [-0.4, -0.2) is 29.1 Å². The average Bonchev–Trinajstić information content (AvgIpc) is 3.36. The van der Waals surface area contributed by atoms with Crippen LogP contribution >= 0.6 is 0 Å². The molecule has 0 N–H and O–H groups in total. The van der Waals surface area contributed by atoms with Gasteiger partial charge in [-0.05, 0) is 54.1 Å². The molecule has 35 heavy (non-hydrogen) atoms. The highest BCUT2D eigenvalue weighted by Gasteiger charge is 2.33. The van der Waals surface area contributed by atoms with Crippen molar-refractivity contribution in [3.05, 3.63) is 94.6 Å². The summed E-state index contributed by atoms with van der Waals surface area (Å²) in [5.41, 5.74) is 4.26. The lowest BCUT2D eigenvalue weighted by atomic mass is 10.0. The van der Waals surface area contributed by atoms with Crippen molar-refractivity contribution in [3.63, 3.8) is 0 Å². The molecular formula is C28H23FN2O4. The number of ketones is 1. The van der Waals surface area contributed by atoms with Crippen LogP contribution in [0.1, 0.15) is 27.0 Å². The summed E-state index contributed by atoms with van der Waals surface area (Å²) in [6.45, 7) is 1.55. The highest BCUT2D eigenvalue weighted by atomic mass is 19.1. The van der Waals surface area contributed by atoms with E-state index in [0.29, 0.717) is 36.9 Å². The second-order valence-electron chi connectivity index (χ2n) is 8.82. The molecule has 176 valence electrons. The van der Waals surface area contributed by atoms with E-state index in [1.54, 1.807) is 31.4 Å². The van der Waals surface area contributed by atoms with Gasteiger partial charge in [0.1, 0.15) is 29.8 Å². The highest BCUT2D eigenvalue weighted by molar-refractivity contribution is 6.15. The number of allylic oxidation sites excluding steroid dienone is 1. The number of halogens is 1. The fourth-order valence-electron chi connectivity index (χ4n) is 4.74. The number of aromatic nitrogens is 1. The van der Waals surface area contributed by atoms with Gasteiger partial charge in [-0.15, -0.1) is 0 Å². The monoisotopic (exact) mass is 470 g/mol. The molecular weight excluding hydrogens is 447 g/mol. The van der Waals surface area contributed by atoms with Gasteiger partial charge in [0.15, 0.2) is 5.76 Å². The third-order valence-corrected chi connectivity index (χ3v) is 6.52. The molecule has 0 spiro atoms. The molecule has 0 aliphatic carbocycles. The molecule has 0 atom stereocenters. The SMILES string of the molecule is COc1ccc2c(c1)c(/C=C1\Oc3c(ccc4c3CN(Cc3ccc(F)cc3)CO4)C1=O)cn2C. The number of rotatable bonds is 4. The molecule has 3 aromatic carbocycles. The van der Waals surface area contributed by atoms with Crippen LogP contribution in [0.25, 0.3) is 17.0 Å². The molecule has 2 aliphatic rings. The molecule has 0 saturated carbocycles. The van der Waals surface area contributed by atoms with Crippen LogP contribution < -0.4 is 14.2 Å². The van der Waals surface area contributed by atoms with E-state index in [4.69, 9.17) is 14.2 Å². The van der Waals surface area contributed by atoms with Gasteiger partial charge in [-0.1, -0.05) is 12.1 Å². The van der Waals surface area contributed by atoms with Crippen LogP contribution in [0.2, 0.25) is 0 Å². The molecule has 6 nitrogen and oxygen atoms in total. The van der Waals surface area contributed by atoms with Crippen LogP contribution in [-0.2, 0) is 20.1 Å². The summed E-state index contributed by atoms with van der Waals surface area (Å²) in [7, 11) is 3.60. The summed E-state index contributed by atoms with van der Waals surface area (Å²) < 4.78 is 32.8. The van der Waals surface area contributed by atoms with Crippen LogP contribution in [0.4, 0.5) is 4.39 Å². The molecule has 0 radical (unpaired) electrons. The first-order valence-corrected chi connectivity index (χ1v) is 11.3. The zero-order valence-electron chi connectivity index (χ0n) is 19.4. The van der Waals surface area contributed by atoms with Gasteiger partial charge in [-0.3, -0.25) is 9.69 Å². The minimum Gasteiger partial charge on any atom is -0.497 e. The van der Waals surface area contributed by atoms with Crippen molar-refractivity contribution >= 4 is 22.8 Å². The van der Waals surface area contributed by atoms with E-state index in [1.807, 2.05) is 42.1 Å². The predicted molar refractivity (Wildman–Crippen MR) is 130 cm³/mol. The number of carbonyl (C=O) groups is 1. The standard InChI is InChI=1S/C28H23FN2O4/c1-30-14-18(22-12-20(33-2)7-9-24(22)30)11-26-27(32)21-8-10-25-23(28(21)35-26)15-31(16-34-25)13-17-3-5-19(29)6-4-17/h3-12,14H,13,15-16H2,1-2H3/b26-11-. The summed E-state index contributed by atoms with van der Waals surface area (Å²) in [5, 5.41) is 0.975. The lowest BCUT2D eigenvalue weighted by Crippen LogP contribution is -2.31. The Morgan fingerprint density at radius 1 is 1.11 bits per heavy atom. The molecule has 3 heterocycles. The molecule has 0 bridgehead atoms. The molecule has 0 saturated heterocycles. The van der Waals surface area contributed by atoms with E-state index in [-0.39, 0.29) is 17.4 Å². The fourth-order valence-corrected chi connectivity index (χ4v) is 4.74. The second-order valence-corrected chi connectivity index (χ2v) is 8.82. The Bertz CT molecular complexity index is 1500. The van der Waals surface area contributed by atoms with Gasteiger partial charge in [0.2, 0.25) is 5.78 Å². The lowest BCUT2D eigenvalue weighted by molar-refractivity contribution is 0.0872. The minimum atomic E-state index is -0.261. The number of nitrogens with zero attached hydrogens (tertiary/aromatic N) is 2. The summed E-state index contributed by atoms with van der Waals surface area (Å²) >= 11 is 0. The van der Waals surface area contributed by atoms with Crippen molar-refractivity contribution in [2.45, 2.75) is 13.1 Å². The number of methoxy groups -OCH3 is 1. The normalized spacial score (nSPS) is 16.2. The molecule has 2 aliphatic heterocycles. The number of aryl methyl sites for hydroxylation is 1. The molecule has 6 rings (SSSR count). The maximum atomic E-state index is 13.3. The van der Waals surface area contributed by atoms with Gasteiger partial charge < -0.3 is 18.8 Å². The third kappa shape index (κ3) is 3.74. The summed E-state index contributed by atoms with van der Waals surface area (Å²) in [6.07, 6.45) is 3.76. The average molecular weight is 471 g/mol. The number of carbonyl (C=O) groups excluding carboxylic acids is 1. The summed E-state index contributed by atoms with van der Waals surface area (Å²) in [4.78, 5) is 15.3. The van der Waals surface area contributed by atoms with Crippen LogP contribution in [0.15, 0.2) is 66.6 Å². The topological polar surface area (TPSA) is 52.9 Å². The van der Waals surface area contributed by atoms with Crippen molar-refractivity contribution in [1.29, 1.82) is 0 Å². The van der Waals surface area contributed by atoms with E-state index in [2.05, 4.69) is 4.90 Å². The number of ether oxygens (including phenoxy) is 3. The van der Waals surface area contributed by atoms with E-state index in [9.17, 15) is 9.18 Å². The van der Waals surface area contributed by atoms with Crippen molar-refractivity contribution in [1.82, 2.24) is 9.47 Å². The molecule has 0 fully saturated rings. The molecule has 0 unspecified atom stereocenters. The number of Topliss-reactive ketones (excluding diaryl/α,β-unsaturated/α-hetero) is 1. The van der Waals surface area contributed by atoms with E-state index in [1.165, 1.54) is 12.1 Å². The zero-order chi connectivity index (χ0) is 24.1. The van der Waals surface area contributed by atoms with Gasteiger partial charge in [-0.2, -0.15) is 0 Å². The zero-order valence-corrected chi connectivity index (χ0v) is 19.4. The first-order valence-electron chi connectivity index (χ1n) is 11.3. The number of hydrogen-bond donors (Lipinski definition) is 0. The number of hydrogen-bond acceptors (Lipinski definition) is 5. The maximum absolute atomic E-state index is 13.3. The maximum Gasteiger partial charge on any atom is 0.231 e. The Morgan fingerprint density at radius 3 is 2.74 bits per heavy atom. The fraction of sp³-hybridized carbons (Fsp3) is 0.179. The molecule has 4 aromatic rings. The van der Waals surface area contributed by atoms with Gasteiger partial charge >= 0.3 is 0 Å². The van der Waals surface area contributed by atoms with Crippen LogP contribution in [0.5, 0.6) is 17.2 Å². The Balaban J connectivity index is 1.32. The molecule has 1 aromatic heterocycles. The number of fused-ring (bicyclic) bond motifs is 4. The summed E-state index contributed by atoms with van der Waals surface area (Å²) in [6, 6.07) is 15.9.